The second-order valence-electron chi connectivity index (χ2n) is 9.77. The maximum absolute atomic E-state index is 13.7. The summed E-state index contributed by atoms with van der Waals surface area (Å²) >= 11 is 0. The predicted molar refractivity (Wildman–Crippen MR) is 118 cm³/mol. The highest BCUT2D eigenvalue weighted by molar-refractivity contribution is 6.01. The van der Waals surface area contributed by atoms with Gasteiger partial charge in [-0.15, -0.1) is 0 Å². The Bertz CT molecular complexity index is 950. The van der Waals surface area contributed by atoms with Crippen molar-refractivity contribution in [3.05, 3.63) is 30.1 Å². The molecule has 1 saturated carbocycles. The number of imidazole rings is 1. The second kappa shape index (κ2) is 8.05. The zero-order chi connectivity index (χ0) is 21.5. The largest absolute Gasteiger partial charge is 0.351 e. The molecule has 2 aromatic rings. The molecule has 0 radical (unpaired) electrons. The summed E-state index contributed by atoms with van der Waals surface area (Å²) in [7, 11) is 0. The summed E-state index contributed by atoms with van der Waals surface area (Å²) in [5.74, 6) is 1.18. The highest BCUT2D eigenvalue weighted by Crippen LogP contribution is 2.32. The molecule has 1 aliphatic heterocycles. The van der Waals surface area contributed by atoms with Crippen LogP contribution in [0.15, 0.2) is 24.3 Å². The van der Waals surface area contributed by atoms with Gasteiger partial charge in [0.25, 0.3) is 5.91 Å². The van der Waals surface area contributed by atoms with E-state index in [1.165, 1.54) is 6.42 Å². The first-order valence-corrected chi connectivity index (χ1v) is 11.4. The van der Waals surface area contributed by atoms with E-state index in [0.717, 1.165) is 36.7 Å². The molecule has 162 valence electrons. The highest BCUT2D eigenvalue weighted by atomic mass is 16.2. The van der Waals surface area contributed by atoms with Crippen molar-refractivity contribution in [2.45, 2.75) is 77.9 Å². The Morgan fingerprint density at radius 3 is 2.73 bits per heavy atom. The van der Waals surface area contributed by atoms with Crippen LogP contribution in [0, 0.1) is 11.8 Å². The van der Waals surface area contributed by atoms with Gasteiger partial charge in [-0.25, -0.2) is 4.98 Å². The lowest BCUT2D eigenvalue weighted by Gasteiger charge is -2.45. The number of benzene rings is 1. The van der Waals surface area contributed by atoms with Crippen LogP contribution in [-0.4, -0.2) is 44.4 Å². The summed E-state index contributed by atoms with van der Waals surface area (Å²) in [4.78, 5) is 33.6. The fourth-order valence-electron chi connectivity index (χ4n) is 4.92. The van der Waals surface area contributed by atoms with E-state index in [-0.39, 0.29) is 17.9 Å². The van der Waals surface area contributed by atoms with E-state index >= 15 is 0 Å². The SMILES string of the molecule is CC(C)CCN1C(=O)c2nc3ccccc3n2CC1(C)C(=O)NC1CCCCC1C. The first-order chi connectivity index (χ1) is 14.3. The minimum atomic E-state index is -0.931. The number of nitrogens with zero attached hydrogens (tertiary/aromatic N) is 3. The molecule has 6 nitrogen and oxygen atoms in total. The topological polar surface area (TPSA) is 67.2 Å². The Balaban J connectivity index is 1.70. The fourth-order valence-corrected chi connectivity index (χ4v) is 4.92. The number of fused-ring (bicyclic) bond motifs is 3. The van der Waals surface area contributed by atoms with Crippen molar-refractivity contribution < 1.29 is 9.59 Å². The van der Waals surface area contributed by atoms with Gasteiger partial charge < -0.3 is 14.8 Å². The van der Waals surface area contributed by atoms with Crippen LogP contribution in [-0.2, 0) is 11.3 Å². The third-order valence-electron chi connectivity index (χ3n) is 7.00. The van der Waals surface area contributed by atoms with Gasteiger partial charge in [-0.3, -0.25) is 9.59 Å². The molecule has 1 aliphatic carbocycles. The molecule has 4 rings (SSSR count). The van der Waals surface area contributed by atoms with Crippen molar-refractivity contribution >= 4 is 22.8 Å². The number of carbonyl (C=O) groups excluding carboxylic acids is 2. The van der Waals surface area contributed by atoms with Crippen molar-refractivity contribution in [2.24, 2.45) is 11.8 Å². The number of para-hydroxylation sites is 2. The number of rotatable bonds is 5. The summed E-state index contributed by atoms with van der Waals surface area (Å²) in [5.41, 5.74) is 0.782. The van der Waals surface area contributed by atoms with E-state index in [1.807, 2.05) is 35.8 Å². The van der Waals surface area contributed by atoms with E-state index < -0.39 is 5.54 Å². The molecule has 1 aromatic heterocycles. The highest BCUT2D eigenvalue weighted by Gasteiger charge is 2.48. The maximum Gasteiger partial charge on any atom is 0.290 e. The average Bonchev–Trinajstić information content (AvgIpc) is 3.08. The molecule has 30 heavy (non-hydrogen) atoms. The lowest BCUT2D eigenvalue weighted by molar-refractivity contribution is -0.134. The lowest BCUT2D eigenvalue weighted by atomic mass is 9.85. The molecule has 1 aromatic carbocycles. The zero-order valence-electron chi connectivity index (χ0n) is 18.6. The van der Waals surface area contributed by atoms with Crippen LogP contribution in [0.4, 0.5) is 0 Å². The van der Waals surface area contributed by atoms with Crippen LogP contribution in [0.3, 0.4) is 0 Å². The lowest BCUT2D eigenvalue weighted by Crippen LogP contribution is -2.65. The van der Waals surface area contributed by atoms with Gasteiger partial charge in [0.2, 0.25) is 5.91 Å². The predicted octanol–water partition coefficient (Wildman–Crippen LogP) is 3.99. The number of amides is 2. The molecule has 3 atom stereocenters. The monoisotopic (exact) mass is 410 g/mol. The second-order valence-corrected chi connectivity index (χ2v) is 9.77. The van der Waals surface area contributed by atoms with Crippen molar-refractivity contribution in [2.75, 3.05) is 6.54 Å². The van der Waals surface area contributed by atoms with E-state index in [9.17, 15) is 9.59 Å². The van der Waals surface area contributed by atoms with Gasteiger partial charge >= 0.3 is 0 Å². The van der Waals surface area contributed by atoms with Crippen molar-refractivity contribution in [1.82, 2.24) is 19.8 Å². The first kappa shape index (κ1) is 20.9. The van der Waals surface area contributed by atoms with Crippen LogP contribution in [0.2, 0.25) is 0 Å². The van der Waals surface area contributed by atoms with Crippen molar-refractivity contribution in [1.29, 1.82) is 0 Å². The van der Waals surface area contributed by atoms with Gasteiger partial charge in [0.05, 0.1) is 17.6 Å². The molecule has 1 fully saturated rings. The van der Waals surface area contributed by atoms with Gasteiger partial charge in [0.15, 0.2) is 5.82 Å². The number of carbonyl (C=O) groups is 2. The Labute approximate surface area is 179 Å². The number of aromatic nitrogens is 2. The normalized spacial score (nSPS) is 26.8. The molecule has 2 amide bonds. The Kier molecular flexibility index (Phi) is 5.60. The minimum absolute atomic E-state index is 0.0400. The minimum Gasteiger partial charge on any atom is -0.351 e. The average molecular weight is 411 g/mol. The fraction of sp³-hybridized carbons (Fsp3) is 0.625. The van der Waals surface area contributed by atoms with Crippen LogP contribution < -0.4 is 5.32 Å². The van der Waals surface area contributed by atoms with E-state index in [1.54, 1.807) is 4.90 Å². The first-order valence-electron chi connectivity index (χ1n) is 11.4. The van der Waals surface area contributed by atoms with Crippen molar-refractivity contribution in [3.63, 3.8) is 0 Å². The molecule has 2 heterocycles. The van der Waals surface area contributed by atoms with Crippen LogP contribution in [0.1, 0.15) is 70.4 Å². The molecular formula is C24H34N4O2. The molecule has 3 unspecified atom stereocenters. The quantitative estimate of drug-likeness (QED) is 0.810. The Morgan fingerprint density at radius 2 is 2.00 bits per heavy atom. The smallest absolute Gasteiger partial charge is 0.290 e. The van der Waals surface area contributed by atoms with Crippen molar-refractivity contribution in [3.8, 4) is 0 Å². The molecule has 0 spiro atoms. The van der Waals surface area contributed by atoms with Gasteiger partial charge in [-0.1, -0.05) is 45.7 Å². The summed E-state index contributed by atoms with van der Waals surface area (Å²) in [6.07, 6.45) is 5.40. The van der Waals surface area contributed by atoms with Gasteiger partial charge in [-0.05, 0) is 50.2 Å². The van der Waals surface area contributed by atoms with E-state index in [4.69, 9.17) is 0 Å². The van der Waals surface area contributed by atoms with Gasteiger partial charge in [0.1, 0.15) is 5.54 Å². The van der Waals surface area contributed by atoms with Crippen LogP contribution in [0.25, 0.3) is 11.0 Å². The molecule has 0 saturated heterocycles. The molecule has 0 bridgehead atoms. The maximum atomic E-state index is 13.7. The third-order valence-corrected chi connectivity index (χ3v) is 7.00. The van der Waals surface area contributed by atoms with Crippen LogP contribution >= 0.6 is 0 Å². The summed E-state index contributed by atoms with van der Waals surface area (Å²) in [5, 5.41) is 3.32. The Morgan fingerprint density at radius 1 is 1.27 bits per heavy atom. The van der Waals surface area contributed by atoms with Crippen LogP contribution in [0.5, 0.6) is 0 Å². The molecule has 1 N–H and O–H groups in total. The summed E-state index contributed by atoms with van der Waals surface area (Å²) in [6, 6.07) is 7.97. The van der Waals surface area contributed by atoms with E-state index in [2.05, 4.69) is 31.1 Å². The van der Waals surface area contributed by atoms with Gasteiger partial charge in [0, 0.05) is 12.6 Å². The third kappa shape index (κ3) is 3.61. The molecule has 6 heteroatoms. The van der Waals surface area contributed by atoms with Gasteiger partial charge in [-0.2, -0.15) is 0 Å². The summed E-state index contributed by atoms with van der Waals surface area (Å²) in [6.45, 7) is 9.42. The molecular weight excluding hydrogens is 376 g/mol. The molecule has 2 aliphatic rings. The number of hydrogen-bond acceptors (Lipinski definition) is 3. The number of hydrogen-bond donors (Lipinski definition) is 1. The Hall–Kier alpha value is -2.37. The van der Waals surface area contributed by atoms with E-state index in [0.29, 0.717) is 30.7 Å². The zero-order valence-corrected chi connectivity index (χ0v) is 18.6. The summed E-state index contributed by atoms with van der Waals surface area (Å²) < 4.78 is 1.94. The standard InChI is InChI=1S/C24H34N4O2/c1-16(2)13-14-28-22(29)21-25-19-11-7-8-12-20(19)27(21)15-24(28,4)23(30)26-18-10-6-5-9-17(18)3/h7-8,11-12,16-18H,5-6,9-10,13-15H2,1-4H3,(H,26,30). The number of nitrogens with one attached hydrogen (secondary N) is 1.